The summed E-state index contributed by atoms with van der Waals surface area (Å²) in [6.07, 6.45) is 0. The van der Waals surface area contributed by atoms with Crippen molar-refractivity contribution in [3.05, 3.63) is 76.9 Å². The van der Waals surface area contributed by atoms with Crippen molar-refractivity contribution in [2.75, 3.05) is 14.2 Å². The molecule has 0 atom stereocenters. The molecule has 29 heavy (non-hydrogen) atoms. The second-order valence-electron chi connectivity index (χ2n) is 6.18. The molecular formula is C21H18N4O4. The van der Waals surface area contributed by atoms with Gasteiger partial charge in [-0.3, -0.25) is 4.79 Å². The molecule has 0 unspecified atom stereocenters. The van der Waals surface area contributed by atoms with Crippen LogP contribution in [0.2, 0.25) is 0 Å². The van der Waals surface area contributed by atoms with Crippen molar-refractivity contribution in [3.63, 3.8) is 0 Å². The zero-order valence-electron chi connectivity index (χ0n) is 15.9. The van der Waals surface area contributed by atoms with Gasteiger partial charge in [0.05, 0.1) is 19.9 Å². The van der Waals surface area contributed by atoms with Crippen molar-refractivity contribution < 1.29 is 14.0 Å². The predicted octanol–water partition coefficient (Wildman–Crippen LogP) is 3.03. The largest absolute Gasteiger partial charge is 0.497 e. The predicted molar refractivity (Wildman–Crippen MR) is 106 cm³/mol. The molecule has 0 aliphatic rings. The lowest BCUT2D eigenvalue weighted by Crippen LogP contribution is -2.23. The van der Waals surface area contributed by atoms with Crippen LogP contribution in [-0.2, 0) is 6.54 Å². The fourth-order valence-electron chi connectivity index (χ4n) is 2.78. The molecule has 0 saturated heterocycles. The Hall–Kier alpha value is -3.94. The number of ether oxygens (including phenoxy) is 2. The van der Waals surface area contributed by atoms with Crippen LogP contribution < -0.4 is 15.0 Å². The van der Waals surface area contributed by atoms with E-state index in [9.17, 15) is 4.79 Å². The molecule has 0 aliphatic heterocycles. The Morgan fingerprint density at radius 2 is 1.48 bits per heavy atom. The molecule has 8 heteroatoms. The minimum atomic E-state index is -0.258. The van der Waals surface area contributed by atoms with Crippen LogP contribution in [0.15, 0.2) is 70.0 Å². The minimum Gasteiger partial charge on any atom is -0.497 e. The van der Waals surface area contributed by atoms with E-state index in [4.69, 9.17) is 14.0 Å². The average Bonchev–Trinajstić information content (AvgIpc) is 3.24. The van der Waals surface area contributed by atoms with E-state index in [0.717, 1.165) is 22.6 Å². The van der Waals surface area contributed by atoms with E-state index in [2.05, 4.69) is 15.2 Å². The van der Waals surface area contributed by atoms with E-state index in [0.29, 0.717) is 11.5 Å². The normalized spacial score (nSPS) is 10.7. The van der Waals surface area contributed by atoms with E-state index in [1.807, 2.05) is 48.5 Å². The van der Waals surface area contributed by atoms with E-state index in [-0.39, 0.29) is 18.0 Å². The first-order chi connectivity index (χ1) is 14.2. The Balaban J connectivity index is 1.57. The first-order valence-corrected chi connectivity index (χ1v) is 8.86. The summed E-state index contributed by atoms with van der Waals surface area (Å²) < 4.78 is 16.9. The Morgan fingerprint density at radius 3 is 2.10 bits per heavy atom. The molecule has 0 N–H and O–H groups in total. The number of methoxy groups -OCH3 is 2. The lowest BCUT2D eigenvalue weighted by molar-refractivity contribution is 0.363. The van der Waals surface area contributed by atoms with Crippen LogP contribution in [0.4, 0.5) is 0 Å². The minimum absolute atomic E-state index is 0.0754. The summed E-state index contributed by atoms with van der Waals surface area (Å²) in [5, 5.41) is 8.40. The Bertz CT molecular complexity index is 1160. The monoisotopic (exact) mass is 390 g/mol. The molecule has 0 radical (unpaired) electrons. The van der Waals surface area contributed by atoms with Crippen molar-refractivity contribution in [2.24, 2.45) is 0 Å². The van der Waals surface area contributed by atoms with Gasteiger partial charge in [0.25, 0.3) is 5.56 Å². The van der Waals surface area contributed by atoms with Crippen molar-refractivity contribution in [1.82, 2.24) is 19.9 Å². The van der Waals surface area contributed by atoms with E-state index in [1.165, 1.54) is 10.7 Å². The van der Waals surface area contributed by atoms with Gasteiger partial charge in [0, 0.05) is 17.2 Å². The molecular weight excluding hydrogens is 372 g/mol. The summed E-state index contributed by atoms with van der Waals surface area (Å²) in [4.78, 5) is 16.6. The van der Waals surface area contributed by atoms with Gasteiger partial charge in [-0.05, 0) is 54.6 Å². The van der Waals surface area contributed by atoms with Crippen LogP contribution in [0.1, 0.15) is 5.89 Å². The van der Waals surface area contributed by atoms with Gasteiger partial charge in [0.15, 0.2) is 0 Å². The number of nitrogens with zero attached hydrogens (tertiary/aromatic N) is 4. The van der Waals surface area contributed by atoms with Gasteiger partial charge in [-0.2, -0.15) is 10.1 Å². The number of hydrogen-bond acceptors (Lipinski definition) is 7. The Morgan fingerprint density at radius 1 is 0.862 bits per heavy atom. The first-order valence-electron chi connectivity index (χ1n) is 8.86. The van der Waals surface area contributed by atoms with Gasteiger partial charge in [-0.25, -0.2) is 4.68 Å². The van der Waals surface area contributed by atoms with Crippen molar-refractivity contribution >= 4 is 0 Å². The second kappa shape index (κ2) is 7.97. The molecule has 2 heterocycles. The third kappa shape index (κ3) is 4.01. The maximum absolute atomic E-state index is 12.2. The highest BCUT2D eigenvalue weighted by Crippen LogP contribution is 2.21. The smallest absolute Gasteiger partial charge is 0.267 e. The van der Waals surface area contributed by atoms with Crippen molar-refractivity contribution in [2.45, 2.75) is 6.54 Å². The van der Waals surface area contributed by atoms with Gasteiger partial charge < -0.3 is 14.0 Å². The summed E-state index contributed by atoms with van der Waals surface area (Å²) >= 11 is 0. The third-order valence-corrected chi connectivity index (χ3v) is 4.35. The quantitative estimate of drug-likeness (QED) is 0.500. The molecule has 2 aromatic carbocycles. The van der Waals surface area contributed by atoms with Gasteiger partial charge in [-0.1, -0.05) is 5.16 Å². The van der Waals surface area contributed by atoms with E-state index >= 15 is 0 Å². The molecule has 0 bridgehead atoms. The van der Waals surface area contributed by atoms with Crippen LogP contribution in [0.3, 0.4) is 0 Å². The Labute approximate surface area is 166 Å². The number of benzene rings is 2. The zero-order valence-corrected chi connectivity index (χ0v) is 15.9. The summed E-state index contributed by atoms with van der Waals surface area (Å²) in [6, 6.07) is 17.9. The topological polar surface area (TPSA) is 92.3 Å². The maximum Gasteiger partial charge on any atom is 0.267 e. The number of aromatic nitrogens is 4. The molecule has 8 nitrogen and oxygen atoms in total. The number of hydrogen-bond donors (Lipinski definition) is 0. The molecule has 2 aromatic heterocycles. The van der Waals surface area contributed by atoms with Gasteiger partial charge >= 0.3 is 0 Å². The molecule has 0 aliphatic carbocycles. The van der Waals surface area contributed by atoms with Gasteiger partial charge in [-0.15, -0.1) is 0 Å². The molecule has 0 fully saturated rings. The van der Waals surface area contributed by atoms with E-state index < -0.39 is 0 Å². The lowest BCUT2D eigenvalue weighted by atomic mass is 10.1. The molecule has 0 saturated carbocycles. The second-order valence-corrected chi connectivity index (χ2v) is 6.18. The third-order valence-electron chi connectivity index (χ3n) is 4.35. The summed E-state index contributed by atoms with van der Waals surface area (Å²) in [7, 11) is 3.21. The Kier molecular flexibility index (Phi) is 5.07. The van der Waals surface area contributed by atoms with Gasteiger partial charge in [0.1, 0.15) is 18.0 Å². The molecule has 0 amide bonds. The first kappa shape index (κ1) is 18.4. The van der Waals surface area contributed by atoms with Crippen LogP contribution in [-0.4, -0.2) is 34.1 Å². The fourth-order valence-corrected chi connectivity index (χ4v) is 2.78. The highest BCUT2D eigenvalue weighted by atomic mass is 16.5. The summed E-state index contributed by atoms with van der Waals surface area (Å²) in [5.41, 5.74) is 2.05. The van der Waals surface area contributed by atoms with Crippen molar-refractivity contribution in [3.8, 4) is 34.1 Å². The standard InChI is InChI=1S/C21H18N4O4/c1-27-16-7-3-14(4-8-16)18-11-12-20(26)25(23-18)13-19-22-21(24-29-19)15-5-9-17(28-2)10-6-15/h3-12H,13H2,1-2H3. The molecule has 146 valence electrons. The SMILES string of the molecule is COc1ccc(-c2ccc(=O)n(Cc3nc(-c4ccc(OC)cc4)no3)n2)cc1. The van der Waals surface area contributed by atoms with Crippen LogP contribution in [0.25, 0.3) is 22.6 Å². The van der Waals surface area contributed by atoms with Crippen LogP contribution in [0.5, 0.6) is 11.5 Å². The molecule has 0 spiro atoms. The summed E-state index contributed by atoms with van der Waals surface area (Å²) in [6.45, 7) is 0.0754. The van der Waals surface area contributed by atoms with Crippen LogP contribution >= 0.6 is 0 Å². The maximum atomic E-state index is 12.2. The number of rotatable bonds is 6. The summed E-state index contributed by atoms with van der Waals surface area (Å²) in [5.74, 6) is 2.21. The zero-order chi connectivity index (χ0) is 20.2. The molecule has 4 rings (SSSR count). The lowest BCUT2D eigenvalue weighted by Gasteiger charge is -2.06. The highest BCUT2D eigenvalue weighted by molar-refractivity contribution is 5.59. The molecule has 4 aromatic rings. The van der Waals surface area contributed by atoms with Crippen molar-refractivity contribution in [1.29, 1.82) is 0 Å². The van der Waals surface area contributed by atoms with E-state index in [1.54, 1.807) is 20.3 Å². The average molecular weight is 390 g/mol. The fraction of sp³-hybridized carbons (Fsp3) is 0.143. The van der Waals surface area contributed by atoms with Gasteiger partial charge in [0.2, 0.25) is 11.7 Å². The van der Waals surface area contributed by atoms with Crippen LogP contribution in [0, 0.1) is 0 Å². The highest BCUT2D eigenvalue weighted by Gasteiger charge is 2.12.